The Morgan fingerprint density at radius 2 is 1.78 bits per heavy atom. The van der Waals surface area contributed by atoms with E-state index < -0.39 is 9.84 Å². The lowest BCUT2D eigenvalue weighted by Crippen LogP contribution is -2.56. The fourth-order valence-electron chi connectivity index (χ4n) is 4.15. The van der Waals surface area contributed by atoms with Crippen LogP contribution in [0.2, 0.25) is 0 Å². The standard InChI is InChI=1S/C20H31N3O3S/c1-4-17-15-22(9-10-23(17)16(2)3)20(24)18-7-5-6-8-19(18)21-11-13-27(25,26)14-12-21/h5-8,16-17H,4,9-15H2,1-3H3. The summed E-state index contributed by atoms with van der Waals surface area (Å²) in [7, 11) is -2.94. The van der Waals surface area contributed by atoms with Gasteiger partial charge in [-0.15, -0.1) is 0 Å². The molecule has 2 aliphatic heterocycles. The normalized spacial score (nSPS) is 23.6. The van der Waals surface area contributed by atoms with E-state index in [1.54, 1.807) is 0 Å². The largest absolute Gasteiger partial charge is 0.369 e. The second kappa shape index (κ2) is 8.19. The average Bonchev–Trinajstić information content (AvgIpc) is 2.67. The molecule has 150 valence electrons. The van der Waals surface area contributed by atoms with Crippen LogP contribution in [0.5, 0.6) is 0 Å². The number of amides is 1. The van der Waals surface area contributed by atoms with E-state index in [9.17, 15) is 13.2 Å². The van der Waals surface area contributed by atoms with Crippen LogP contribution in [0.15, 0.2) is 24.3 Å². The maximum atomic E-state index is 13.3. The summed E-state index contributed by atoms with van der Waals surface area (Å²) in [5.41, 5.74) is 1.54. The Kier molecular flexibility index (Phi) is 6.11. The lowest BCUT2D eigenvalue weighted by atomic mass is 10.0. The molecule has 3 rings (SSSR count). The van der Waals surface area contributed by atoms with Crippen molar-refractivity contribution in [2.75, 3.05) is 49.1 Å². The van der Waals surface area contributed by atoms with Crippen LogP contribution in [0.3, 0.4) is 0 Å². The number of nitrogens with zero attached hydrogens (tertiary/aromatic N) is 3. The van der Waals surface area contributed by atoms with Gasteiger partial charge in [0.15, 0.2) is 9.84 Å². The number of hydrogen-bond acceptors (Lipinski definition) is 5. The van der Waals surface area contributed by atoms with Gasteiger partial charge in [0.05, 0.1) is 17.1 Å². The van der Waals surface area contributed by atoms with Gasteiger partial charge >= 0.3 is 0 Å². The Hall–Kier alpha value is -1.60. The molecule has 0 bridgehead atoms. The first-order chi connectivity index (χ1) is 12.8. The van der Waals surface area contributed by atoms with Crippen molar-refractivity contribution >= 4 is 21.4 Å². The topological polar surface area (TPSA) is 60.9 Å². The van der Waals surface area contributed by atoms with Crippen molar-refractivity contribution in [1.82, 2.24) is 9.80 Å². The van der Waals surface area contributed by atoms with E-state index >= 15 is 0 Å². The van der Waals surface area contributed by atoms with Crippen LogP contribution in [0.4, 0.5) is 5.69 Å². The molecule has 2 heterocycles. The van der Waals surface area contributed by atoms with Crippen molar-refractivity contribution in [1.29, 1.82) is 0 Å². The lowest BCUT2D eigenvalue weighted by molar-refractivity contribution is 0.0372. The quantitative estimate of drug-likeness (QED) is 0.782. The first-order valence-electron chi connectivity index (χ1n) is 9.92. The van der Waals surface area contributed by atoms with Crippen LogP contribution in [0, 0.1) is 0 Å². The Morgan fingerprint density at radius 3 is 2.41 bits per heavy atom. The zero-order valence-electron chi connectivity index (χ0n) is 16.6. The van der Waals surface area contributed by atoms with Gasteiger partial charge in [-0.25, -0.2) is 8.42 Å². The molecule has 7 heteroatoms. The first-order valence-corrected chi connectivity index (χ1v) is 11.7. The van der Waals surface area contributed by atoms with Crippen molar-refractivity contribution in [2.45, 2.75) is 39.3 Å². The summed E-state index contributed by atoms with van der Waals surface area (Å²) >= 11 is 0. The summed E-state index contributed by atoms with van der Waals surface area (Å²) in [5.74, 6) is 0.363. The summed E-state index contributed by atoms with van der Waals surface area (Å²) in [4.78, 5) is 19.8. The molecule has 0 spiro atoms. The smallest absolute Gasteiger partial charge is 0.256 e. The molecular weight excluding hydrogens is 362 g/mol. The maximum absolute atomic E-state index is 13.3. The zero-order chi connectivity index (χ0) is 19.6. The average molecular weight is 394 g/mol. The fraction of sp³-hybridized carbons (Fsp3) is 0.650. The molecular formula is C20H31N3O3S. The number of carbonyl (C=O) groups is 1. The number of hydrogen-bond donors (Lipinski definition) is 0. The Labute approximate surface area is 163 Å². The van der Waals surface area contributed by atoms with Crippen molar-refractivity contribution in [3.63, 3.8) is 0 Å². The van der Waals surface area contributed by atoms with Crippen molar-refractivity contribution in [2.24, 2.45) is 0 Å². The number of piperazine rings is 1. The van der Waals surface area contributed by atoms with Gasteiger partial charge in [0, 0.05) is 50.5 Å². The van der Waals surface area contributed by atoms with Crippen LogP contribution in [-0.2, 0) is 9.84 Å². The third-order valence-electron chi connectivity index (χ3n) is 5.77. The van der Waals surface area contributed by atoms with Crippen molar-refractivity contribution < 1.29 is 13.2 Å². The van der Waals surface area contributed by atoms with Crippen molar-refractivity contribution in [3.8, 4) is 0 Å². The molecule has 0 aliphatic carbocycles. The van der Waals surface area contributed by atoms with Crippen LogP contribution < -0.4 is 4.90 Å². The minimum Gasteiger partial charge on any atom is -0.369 e. The van der Waals surface area contributed by atoms with Gasteiger partial charge < -0.3 is 9.80 Å². The Bertz CT molecular complexity index is 764. The molecule has 1 amide bonds. The predicted octanol–water partition coefficient (Wildman–Crippen LogP) is 1.87. The highest BCUT2D eigenvalue weighted by Gasteiger charge is 2.32. The highest BCUT2D eigenvalue weighted by atomic mass is 32.2. The predicted molar refractivity (Wildman–Crippen MR) is 109 cm³/mol. The minimum atomic E-state index is -2.94. The van der Waals surface area contributed by atoms with Gasteiger partial charge in [0.25, 0.3) is 5.91 Å². The molecule has 1 atom stereocenters. The van der Waals surface area contributed by atoms with Crippen LogP contribution >= 0.6 is 0 Å². The van der Waals surface area contributed by atoms with E-state index in [1.807, 2.05) is 34.1 Å². The molecule has 0 aromatic heterocycles. The molecule has 1 aromatic carbocycles. The number of rotatable bonds is 4. The van der Waals surface area contributed by atoms with Gasteiger partial charge in [-0.1, -0.05) is 19.1 Å². The highest BCUT2D eigenvalue weighted by Crippen LogP contribution is 2.25. The molecule has 2 saturated heterocycles. The van der Waals surface area contributed by atoms with Gasteiger partial charge in [-0.2, -0.15) is 0 Å². The van der Waals surface area contributed by atoms with Crippen molar-refractivity contribution in [3.05, 3.63) is 29.8 Å². The lowest BCUT2D eigenvalue weighted by Gasteiger charge is -2.43. The van der Waals surface area contributed by atoms with Gasteiger partial charge in [-0.05, 0) is 32.4 Å². The molecule has 1 unspecified atom stereocenters. The van der Waals surface area contributed by atoms with Crippen LogP contribution in [0.25, 0.3) is 0 Å². The molecule has 1 aromatic rings. The van der Waals surface area contributed by atoms with E-state index in [0.29, 0.717) is 30.7 Å². The van der Waals surface area contributed by atoms with E-state index in [4.69, 9.17) is 0 Å². The summed E-state index contributed by atoms with van der Waals surface area (Å²) in [6.07, 6.45) is 1.02. The second-order valence-electron chi connectivity index (χ2n) is 7.80. The summed E-state index contributed by atoms with van der Waals surface area (Å²) in [6, 6.07) is 8.48. The molecule has 27 heavy (non-hydrogen) atoms. The third-order valence-corrected chi connectivity index (χ3v) is 7.38. The number of anilines is 1. The summed E-state index contributed by atoms with van der Waals surface area (Å²) < 4.78 is 23.5. The molecule has 0 saturated carbocycles. The molecule has 6 nitrogen and oxygen atoms in total. The van der Waals surface area contributed by atoms with Gasteiger partial charge in [0.2, 0.25) is 0 Å². The molecule has 0 N–H and O–H groups in total. The third kappa shape index (κ3) is 4.46. The summed E-state index contributed by atoms with van der Waals surface area (Å²) in [5, 5.41) is 0. The Morgan fingerprint density at radius 1 is 1.11 bits per heavy atom. The molecule has 0 radical (unpaired) electrons. The fourth-order valence-corrected chi connectivity index (χ4v) is 5.35. The zero-order valence-corrected chi connectivity index (χ0v) is 17.4. The number of benzene rings is 1. The number of para-hydroxylation sites is 1. The number of carbonyl (C=O) groups excluding carboxylic acids is 1. The van der Waals surface area contributed by atoms with Gasteiger partial charge in [0.1, 0.15) is 0 Å². The number of sulfone groups is 1. The van der Waals surface area contributed by atoms with Gasteiger partial charge in [-0.3, -0.25) is 9.69 Å². The van der Waals surface area contributed by atoms with E-state index in [1.165, 1.54) is 0 Å². The maximum Gasteiger partial charge on any atom is 0.256 e. The molecule has 2 fully saturated rings. The second-order valence-corrected chi connectivity index (χ2v) is 10.1. The van der Waals surface area contributed by atoms with E-state index in [-0.39, 0.29) is 17.4 Å². The van der Waals surface area contributed by atoms with E-state index in [2.05, 4.69) is 25.7 Å². The van der Waals surface area contributed by atoms with Crippen LogP contribution in [0.1, 0.15) is 37.6 Å². The SMILES string of the molecule is CCC1CN(C(=O)c2ccccc2N2CCS(=O)(=O)CC2)CCN1C(C)C. The highest BCUT2D eigenvalue weighted by molar-refractivity contribution is 7.91. The summed E-state index contributed by atoms with van der Waals surface area (Å²) in [6.45, 7) is 9.87. The first kappa shape index (κ1) is 20.1. The van der Waals surface area contributed by atoms with Crippen LogP contribution in [-0.4, -0.2) is 80.4 Å². The monoisotopic (exact) mass is 393 g/mol. The Balaban J connectivity index is 1.78. The minimum absolute atomic E-state index is 0.0564. The molecule has 2 aliphatic rings. The van der Waals surface area contributed by atoms with E-state index in [0.717, 1.165) is 31.7 Å².